The molecule has 0 radical (unpaired) electrons. The van der Waals surface area contributed by atoms with Crippen LogP contribution in [0.2, 0.25) is 0 Å². The Bertz CT molecular complexity index is 520. The summed E-state index contributed by atoms with van der Waals surface area (Å²) in [6.45, 7) is 2.77. The predicted molar refractivity (Wildman–Crippen MR) is 70.9 cm³/mol. The number of carbonyl (C=O) groups is 1. The predicted octanol–water partition coefficient (Wildman–Crippen LogP) is 1.62. The highest BCUT2D eigenvalue weighted by atomic mass is 19.4. The number of rotatable bonds is 5. The van der Waals surface area contributed by atoms with E-state index in [1.165, 1.54) is 6.07 Å². The summed E-state index contributed by atoms with van der Waals surface area (Å²) in [6.07, 6.45) is -3.65. The maximum absolute atomic E-state index is 12.8. The molecule has 1 saturated heterocycles. The molecule has 21 heavy (non-hydrogen) atoms. The highest BCUT2D eigenvalue weighted by Gasteiger charge is 2.35. The quantitative estimate of drug-likeness (QED) is 0.770. The van der Waals surface area contributed by atoms with Crippen molar-refractivity contribution in [2.75, 3.05) is 23.7 Å². The van der Waals surface area contributed by atoms with E-state index in [4.69, 9.17) is 0 Å². The lowest BCUT2D eigenvalue weighted by Crippen LogP contribution is -2.24. The van der Waals surface area contributed by atoms with E-state index in [0.717, 1.165) is 6.42 Å². The van der Waals surface area contributed by atoms with Gasteiger partial charge in [-0.05, 0) is 6.42 Å². The van der Waals surface area contributed by atoms with Gasteiger partial charge in [0.1, 0.15) is 11.6 Å². The molecule has 6 nitrogen and oxygen atoms in total. The van der Waals surface area contributed by atoms with Crippen LogP contribution in [-0.4, -0.2) is 35.0 Å². The fourth-order valence-corrected chi connectivity index (χ4v) is 1.91. The van der Waals surface area contributed by atoms with Gasteiger partial charge in [0.15, 0.2) is 0 Å². The van der Waals surface area contributed by atoms with E-state index in [2.05, 4.69) is 25.9 Å². The molecule has 2 rings (SSSR count). The molecule has 1 atom stereocenters. The summed E-state index contributed by atoms with van der Waals surface area (Å²) in [6, 6.07) is 1.14. The molecule has 9 heteroatoms. The zero-order valence-electron chi connectivity index (χ0n) is 11.4. The number of halogens is 3. The van der Waals surface area contributed by atoms with E-state index >= 15 is 0 Å². The third kappa shape index (κ3) is 4.20. The Hall–Kier alpha value is -2.06. The highest BCUT2D eigenvalue weighted by molar-refractivity contribution is 5.79. The minimum Gasteiger partial charge on any atom is -0.370 e. The van der Waals surface area contributed by atoms with Crippen molar-refractivity contribution in [3.05, 3.63) is 11.9 Å². The number of carbonyl (C=O) groups excluding carboxylic acids is 1. The van der Waals surface area contributed by atoms with Crippen molar-refractivity contribution < 1.29 is 18.0 Å². The molecule has 1 aliphatic heterocycles. The largest absolute Gasteiger partial charge is 0.451 e. The van der Waals surface area contributed by atoms with Crippen molar-refractivity contribution in [1.29, 1.82) is 0 Å². The molecular weight excluding hydrogens is 287 g/mol. The second-order valence-electron chi connectivity index (χ2n) is 4.74. The van der Waals surface area contributed by atoms with Gasteiger partial charge in [-0.3, -0.25) is 4.79 Å². The third-order valence-electron chi connectivity index (χ3n) is 2.87. The molecule has 0 saturated carbocycles. The fraction of sp³-hybridized carbons (Fsp3) is 0.583. The topological polar surface area (TPSA) is 78.9 Å². The van der Waals surface area contributed by atoms with Gasteiger partial charge in [-0.25, -0.2) is 9.97 Å². The van der Waals surface area contributed by atoms with Crippen molar-refractivity contribution in [1.82, 2.24) is 15.3 Å². The smallest absolute Gasteiger partial charge is 0.370 e. The Morgan fingerprint density at radius 2 is 2.10 bits per heavy atom. The Morgan fingerprint density at radius 3 is 2.67 bits per heavy atom. The summed E-state index contributed by atoms with van der Waals surface area (Å²) in [5.41, 5.74) is 0. The zero-order chi connectivity index (χ0) is 15.5. The van der Waals surface area contributed by atoms with E-state index in [0.29, 0.717) is 13.1 Å². The minimum absolute atomic E-state index is 0.0532. The monoisotopic (exact) mass is 303 g/mol. The van der Waals surface area contributed by atoms with Crippen molar-refractivity contribution in [2.45, 2.75) is 32.0 Å². The van der Waals surface area contributed by atoms with Crippen LogP contribution in [0.1, 0.15) is 25.6 Å². The molecule has 1 aliphatic rings. The maximum Gasteiger partial charge on any atom is 0.451 e. The lowest BCUT2D eigenvalue weighted by atomic mass is 10.2. The van der Waals surface area contributed by atoms with Gasteiger partial charge in [-0.2, -0.15) is 13.2 Å². The van der Waals surface area contributed by atoms with Gasteiger partial charge in [0.25, 0.3) is 0 Å². The first kappa shape index (κ1) is 15.3. The van der Waals surface area contributed by atoms with E-state index in [9.17, 15) is 18.0 Å². The van der Waals surface area contributed by atoms with Crippen LogP contribution in [0.4, 0.5) is 24.8 Å². The van der Waals surface area contributed by atoms with Gasteiger partial charge >= 0.3 is 6.18 Å². The minimum atomic E-state index is -4.62. The van der Waals surface area contributed by atoms with Gasteiger partial charge in [-0.1, -0.05) is 6.92 Å². The summed E-state index contributed by atoms with van der Waals surface area (Å²) in [4.78, 5) is 18.0. The van der Waals surface area contributed by atoms with Crippen LogP contribution in [0.3, 0.4) is 0 Å². The summed E-state index contributed by atoms with van der Waals surface area (Å²) >= 11 is 0. The highest BCUT2D eigenvalue weighted by Crippen LogP contribution is 2.28. The third-order valence-corrected chi connectivity index (χ3v) is 2.87. The van der Waals surface area contributed by atoms with E-state index in [1.54, 1.807) is 0 Å². The van der Waals surface area contributed by atoms with Gasteiger partial charge < -0.3 is 16.0 Å². The van der Waals surface area contributed by atoms with Crippen LogP contribution in [0.5, 0.6) is 0 Å². The molecule has 3 N–H and O–H groups in total. The van der Waals surface area contributed by atoms with Crippen LogP contribution >= 0.6 is 0 Å². The van der Waals surface area contributed by atoms with Crippen molar-refractivity contribution in [3.8, 4) is 0 Å². The van der Waals surface area contributed by atoms with Gasteiger partial charge in [0.2, 0.25) is 11.7 Å². The van der Waals surface area contributed by atoms with Crippen molar-refractivity contribution >= 4 is 17.5 Å². The summed E-state index contributed by atoms with van der Waals surface area (Å²) in [5.74, 6) is -1.18. The Morgan fingerprint density at radius 1 is 1.38 bits per heavy atom. The molecule has 2 heterocycles. The van der Waals surface area contributed by atoms with E-state index in [-0.39, 0.29) is 30.0 Å². The number of aromatic nitrogens is 2. The van der Waals surface area contributed by atoms with Crippen molar-refractivity contribution in [2.24, 2.45) is 0 Å². The molecule has 1 fully saturated rings. The van der Waals surface area contributed by atoms with Crippen LogP contribution < -0.4 is 16.0 Å². The average molecular weight is 303 g/mol. The lowest BCUT2D eigenvalue weighted by Gasteiger charge is -2.15. The Balaban J connectivity index is 2.20. The molecule has 1 aromatic rings. The van der Waals surface area contributed by atoms with Gasteiger partial charge in [0.05, 0.1) is 6.04 Å². The maximum atomic E-state index is 12.8. The molecule has 0 aliphatic carbocycles. The van der Waals surface area contributed by atoms with Crippen molar-refractivity contribution in [3.63, 3.8) is 0 Å². The molecular formula is C12H16F3N5O. The first-order chi connectivity index (χ1) is 9.88. The number of nitrogens with zero attached hydrogens (tertiary/aromatic N) is 2. The zero-order valence-corrected chi connectivity index (χ0v) is 11.4. The van der Waals surface area contributed by atoms with Gasteiger partial charge in [-0.15, -0.1) is 0 Å². The second kappa shape index (κ2) is 6.15. The number of nitrogens with one attached hydrogen (secondary N) is 3. The van der Waals surface area contributed by atoms with E-state index in [1.807, 2.05) is 6.92 Å². The number of amides is 1. The van der Waals surface area contributed by atoms with E-state index < -0.39 is 12.0 Å². The summed E-state index contributed by atoms with van der Waals surface area (Å²) in [7, 11) is 0. The first-order valence-electron chi connectivity index (χ1n) is 6.62. The van der Waals surface area contributed by atoms with Crippen LogP contribution in [0.25, 0.3) is 0 Å². The van der Waals surface area contributed by atoms with Crippen LogP contribution in [0.15, 0.2) is 6.07 Å². The molecule has 1 aromatic heterocycles. The average Bonchev–Trinajstić information content (AvgIpc) is 2.80. The number of anilines is 2. The molecule has 0 spiro atoms. The molecule has 1 amide bonds. The summed E-state index contributed by atoms with van der Waals surface area (Å²) < 4.78 is 38.4. The number of hydrogen-bond donors (Lipinski definition) is 3. The van der Waals surface area contributed by atoms with Crippen LogP contribution in [0, 0.1) is 0 Å². The van der Waals surface area contributed by atoms with Crippen LogP contribution in [-0.2, 0) is 11.0 Å². The number of hydrogen-bond acceptors (Lipinski definition) is 5. The standard InChI is InChI=1S/C12H16F3N5O/c1-2-3-16-8-5-9(18-7-4-10(21)17-6-7)20-11(19-8)12(13,14)15/h5,7H,2-4,6H2,1H3,(H,17,21)(H2,16,18,19,20). The SMILES string of the molecule is CCCNc1cc(NC2CNC(=O)C2)nc(C(F)(F)F)n1. The second-order valence-corrected chi connectivity index (χ2v) is 4.74. The Labute approximate surface area is 119 Å². The normalized spacial score (nSPS) is 18.5. The number of alkyl halides is 3. The molecule has 0 bridgehead atoms. The summed E-state index contributed by atoms with van der Waals surface area (Å²) in [5, 5.41) is 8.23. The fourth-order valence-electron chi connectivity index (χ4n) is 1.91. The Kier molecular flexibility index (Phi) is 4.49. The molecule has 116 valence electrons. The molecule has 0 aromatic carbocycles. The lowest BCUT2D eigenvalue weighted by molar-refractivity contribution is -0.144. The first-order valence-corrected chi connectivity index (χ1v) is 6.62. The van der Waals surface area contributed by atoms with Gasteiger partial charge in [0, 0.05) is 25.6 Å². The molecule has 1 unspecified atom stereocenters.